The Morgan fingerprint density at radius 3 is 3.08 bits per heavy atom. The molecule has 4 N–H and O–H groups in total. The zero-order valence-electron chi connectivity index (χ0n) is 7.08. The summed E-state index contributed by atoms with van der Waals surface area (Å²) in [5.41, 5.74) is 5.22. The van der Waals surface area contributed by atoms with Gasteiger partial charge in [-0.05, 0) is 6.42 Å². The lowest BCUT2D eigenvalue weighted by molar-refractivity contribution is 0.0944. The second-order valence-electron chi connectivity index (χ2n) is 2.38. The average Bonchev–Trinajstić information content (AvgIpc) is 2.52. The molecule has 1 amide bonds. The molecule has 1 aromatic heterocycles. The lowest BCUT2D eigenvalue weighted by Crippen LogP contribution is -2.25. The van der Waals surface area contributed by atoms with Crippen molar-refractivity contribution in [3.8, 4) is 0 Å². The highest BCUT2D eigenvalue weighted by Gasteiger charge is 2.08. The summed E-state index contributed by atoms with van der Waals surface area (Å²) in [6.07, 6.45) is 2.43. The van der Waals surface area contributed by atoms with E-state index < -0.39 is 0 Å². The van der Waals surface area contributed by atoms with Gasteiger partial charge in [0, 0.05) is 6.54 Å². The fraction of sp³-hybridized carbons (Fsp3) is 0.286. The molecule has 0 bridgehead atoms. The Balaban J connectivity index is 2.44. The largest absolute Gasteiger partial charge is 0.366 e. The van der Waals surface area contributed by atoms with Crippen molar-refractivity contribution in [2.75, 3.05) is 12.3 Å². The van der Waals surface area contributed by atoms with E-state index in [0.29, 0.717) is 6.54 Å². The number of hydrogen-bond donors (Lipinski definition) is 3. The highest BCUT2D eigenvalue weighted by Crippen LogP contribution is 1.92. The van der Waals surface area contributed by atoms with Crippen LogP contribution in [0.1, 0.15) is 17.0 Å². The van der Waals surface area contributed by atoms with Gasteiger partial charge in [-0.25, -0.2) is 0 Å². The molecule has 0 saturated carbocycles. The van der Waals surface area contributed by atoms with Crippen LogP contribution in [0.2, 0.25) is 0 Å². The molecule has 0 aromatic carbocycles. The number of aromatic amines is 1. The van der Waals surface area contributed by atoms with Gasteiger partial charge in [-0.2, -0.15) is 4.98 Å². The number of amides is 1. The van der Waals surface area contributed by atoms with Crippen LogP contribution in [0.25, 0.3) is 0 Å². The summed E-state index contributed by atoms with van der Waals surface area (Å²) in [5.74, 6) is -0.124. The molecule has 0 unspecified atom stereocenters. The summed E-state index contributed by atoms with van der Waals surface area (Å²) in [5, 5.41) is 8.55. The van der Waals surface area contributed by atoms with Gasteiger partial charge in [0.1, 0.15) is 0 Å². The molecule has 0 radical (unpaired) electrons. The Hall–Kier alpha value is -1.85. The highest BCUT2D eigenvalue weighted by atomic mass is 16.2. The van der Waals surface area contributed by atoms with E-state index in [1.54, 1.807) is 6.08 Å². The molecule has 0 aliphatic heterocycles. The van der Waals surface area contributed by atoms with Gasteiger partial charge in [0.2, 0.25) is 11.8 Å². The molecule has 0 spiro atoms. The Morgan fingerprint density at radius 1 is 1.77 bits per heavy atom. The van der Waals surface area contributed by atoms with Crippen molar-refractivity contribution < 1.29 is 4.79 Å². The van der Waals surface area contributed by atoms with E-state index >= 15 is 0 Å². The SMILES string of the molecule is C=CCCNC(=O)c1nc(N)n[nH]1. The summed E-state index contributed by atoms with van der Waals surface area (Å²) in [4.78, 5) is 14.9. The van der Waals surface area contributed by atoms with E-state index in [1.807, 2.05) is 0 Å². The number of nitrogen functional groups attached to an aromatic ring is 1. The molecule has 70 valence electrons. The number of rotatable bonds is 4. The van der Waals surface area contributed by atoms with E-state index in [0.717, 1.165) is 6.42 Å². The molecule has 0 saturated heterocycles. The van der Waals surface area contributed by atoms with Gasteiger partial charge in [-0.1, -0.05) is 6.08 Å². The third-order valence-corrected chi connectivity index (χ3v) is 1.35. The third kappa shape index (κ3) is 2.58. The Morgan fingerprint density at radius 2 is 2.54 bits per heavy atom. The maximum absolute atomic E-state index is 11.2. The summed E-state index contributed by atoms with van der Waals surface area (Å²) in [7, 11) is 0. The van der Waals surface area contributed by atoms with Gasteiger partial charge in [0.05, 0.1) is 0 Å². The van der Waals surface area contributed by atoms with Gasteiger partial charge in [0.25, 0.3) is 5.91 Å². The molecule has 0 aliphatic carbocycles. The standard InChI is InChI=1S/C7H11N5O/c1-2-3-4-9-6(13)5-10-7(8)12-11-5/h2H,1,3-4H2,(H,9,13)(H3,8,10,11,12). The summed E-state index contributed by atoms with van der Waals surface area (Å²) < 4.78 is 0. The molecular formula is C7H11N5O. The van der Waals surface area contributed by atoms with Crippen LogP contribution in [-0.2, 0) is 0 Å². The van der Waals surface area contributed by atoms with Crippen LogP contribution in [-0.4, -0.2) is 27.6 Å². The number of nitrogens with one attached hydrogen (secondary N) is 2. The summed E-state index contributed by atoms with van der Waals surface area (Å²) >= 11 is 0. The van der Waals surface area contributed by atoms with Crippen LogP contribution < -0.4 is 11.1 Å². The smallest absolute Gasteiger partial charge is 0.288 e. The van der Waals surface area contributed by atoms with Gasteiger partial charge >= 0.3 is 0 Å². The molecule has 13 heavy (non-hydrogen) atoms. The van der Waals surface area contributed by atoms with Crippen LogP contribution in [0.5, 0.6) is 0 Å². The summed E-state index contributed by atoms with van der Waals surface area (Å²) in [6.45, 7) is 4.06. The second kappa shape index (κ2) is 4.24. The summed E-state index contributed by atoms with van der Waals surface area (Å²) in [6, 6.07) is 0. The van der Waals surface area contributed by atoms with E-state index in [-0.39, 0.29) is 17.7 Å². The first-order valence-electron chi connectivity index (χ1n) is 3.81. The van der Waals surface area contributed by atoms with Crippen molar-refractivity contribution in [3.05, 3.63) is 18.5 Å². The number of nitrogens with zero attached hydrogens (tertiary/aromatic N) is 2. The third-order valence-electron chi connectivity index (χ3n) is 1.35. The van der Waals surface area contributed by atoms with Crippen LogP contribution in [0.4, 0.5) is 5.95 Å². The van der Waals surface area contributed by atoms with Gasteiger partial charge in [-0.3, -0.25) is 9.89 Å². The lowest BCUT2D eigenvalue weighted by Gasteiger charge is -1.98. The zero-order chi connectivity index (χ0) is 9.68. The second-order valence-corrected chi connectivity index (χ2v) is 2.38. The molecule has 1 heterocycles. The number of hydrogen-bond acceptors (Lipinski definition) is 4. The first-order chi connectivity index (χ1) is 6.24. The number of nitrogens with two attached hydrogens (primary N) is 1. The predicted octanol–water partition coefficient (Wildman–Crippen LogP) is -0.307. The maximum atomic E-state index is 11.2. The molecule has 1 aromatic rings. The van der Waals surface area contributed by atoms with Crippen LogP contribution in [0.3, 0.4) is 0 Å². The number of H-pyrrole nitrogens is 1. The zero-order valence-corrected chi connectivity index (χ0v) is 7.08. The Bertz CT molecular complexity index is 306. The lowest BCUT2D eigenvalue weighted by atomic mass is 10.4. The van der Waals surface area contributed by atoms with E-state index in [9.17, 15) is 4.79 Å². The van der Waals surface area contributed by atoms with E-state index in [1.165, 1.54) is 0 Å². The van der Waals surface area contributed by atoms with Gasteiger partial charge in [0.15, 0.2) is 0 Å². The number of anilines is 1. The molecular weight excluding hydrogens is 170 g/mol. The van der Waals surface area contributed by atoms with Crippen molar-refractivity contribution in [3.63, 3.8) is 0 Å². The van der Waals surface area contributed by atoms with Gasteiger partial charge in [-0.15, -0.1) is 11.7 Å². The quantitative estimate of drug-likeness (QED) is 0.438. The number of aromatic nitrogens is 3. The van der Waals surface area contributed by atoms with Crippen molar-refractivity contribution >= 4 is 11.9 Å². The molecule has 1 rings (SSSR count). The van der Waals surface area contributed by atoms with Crippen molar-refractivity contribution in [1.82, 2.24) is 20.5 Å². The van der Waals surface area contributed by atoms with Crippen LogP contribution in [0, 0.1) is 0 Å². The van der Waals surface area contributed by atoms with Crippen LogP contribution in [0.15, 0.2) is 12.7 Å². The molecule has 0 aliphatic rings. The fourth-order valence-electron chi connectivity index (χ4n) is 0.748. The predicted molar refractivity (Wildman–Crippen MR) is 47.9 cm³/mol. The van der Waals surface area contributed by atoms with Crippen molar-refractivity contribution in [1.29, 1.82) is 0 Å². The molecule has 6 nitrogen and oxygen atoms in total. The monoisotopic (exact) mass is 181 g/mol. The van der Waals surface area contributed by atoms with E-state index in [4.69, 9.17) is 5.73 Å². The highest BCUT2D eigenvalue weighted by molar-refractivity contribution is 5.90. The first-order valence-corrected chi connectivity index (χ1v) is 3.81. The average molecular weight is 181 g/mol. The topological polar surface area (TPSA) is 96.7 Å². The maximum Gasteiger partial charge on any atom is 0.288 e. The molecule has 0 fully saturated rings. The fourth-order valence-corrected chi connectivity index (χ4v) is 0.748. The first kappa shape index (κ1) is 9.24. The normalized spacial score (nSPS) is 9.54. The molecule has 0 atom stereocenters. The minimum absolute atomic E-state index is 0.0638. The van der Waals surface area contributed by atoms with Gasteiger partial charge < -0.3 is 11.1 Å². The number of carbonyl (C=O) groups is 1. The van der Waals surface area contributed by atoms with Crippen LogP contribution >= 0.6 is 0 Å². The Labute approximate surface area is 75.2 Å². The minimum Gasteiger partial charge on any atom is -0.366 e. The Kier molecular flexibility index (Phi) is 3.02. The number of carbonyl (C=O) groups excluding carboxylic acids is 1. The van der Waals surface area contributed by atoms with Crippen molar-refractivity contribution in [2.24, 2.45) is 0 Å². The minimum atomic E-state index is -0.314. The molecule has 6 heteroatoms. The van der Waals surface area contributed by atoms with Crippen molar-refractivity contribution in [2.45, 2.75) is 6.42 Å². The van der Waals surface area contributed by atoms with E-state index in [2.05, 4.69) is 27.1 Å².